The lowest BCUT2D eigenvalue weighted by molar-refractivity contribution is 0.590. The molecule has 0 spiro atoms. The summed E-state index contributed by atoms with van der Waals surface area (Å²) in [5.74, 6) is 2.63. The van der Waals surface area contributed by atoms with Crippen molar-refractivity contribution in [1.29, 1.82) is 0 Å². The van der Waals surface area contributed by atoms with Crippen LogP contribution in [0, 0.1) is 0 Å². The molecule has 14 rings (SSSR count). The van der Waals surface area contributed by atoms with Gasteiger partial charge in [-0.3, -0.25) is 9.80 Å². The summed E-state index contributed by atoms with van der Waals surface area (Å²) in [7, 11) is 0. The summed E-state index contributed by atoms with van der Waals surface area (Å²) >= 11 is 7.30. The monoisotopic (exact) mass is 1230 g/mol. The number of halogens is 2. The first kappa shape index (κ1) is 56.8. The molecule has 420 valence electrons. The molecule has 0 aliphatic rings. The molecule has 0 aliphatic heterocycles. The van der Waals surface area contributed by atoms with Crippen LogP contribution in [0.1, 0.15) is 79.0 Å². The van der Waals surface area contributed by atoms with E-state index in [9.17, 15) is 0 Å². The minimum absolute atomic E-state index is 0.0663. The van der Waals surface area contributed by atoms with E-state index >= 15 is 0 Å². The number of pyridine rings is 3. The molecule has 3 aromatic heterocycles. The Labute approximate surface area is 516 Å². The van der Waals surface area contributed by atoms with E-state index in [0.29, 0.717) is 0 Å². The van der Waals surface area contributed by atoms with Gasteiger partial charge in [0.2, 0.25) is 0 Å². The molecule has 11 aromatic carbocycles. The van der Waals surface area contributed by atoms with Crippen molar-refractivity contribution in [1.82, 2.24) is 15.0 Å². The van der Waals surface area contributed by atoms with Crippen LogP contribution in [0.15, 0.2) is 252 Å². The van der Waals surface area contributed by atoms with Crippen LogP contribution in [0.3, 0.4) is 0 Å². The highest BCUT2D eigenvalue weighted by atomic mass is 79.9. The van der Waals surface area contributed by atoms with Gasteiger partial charge in [-0.15, -0.1) is 0 Å². The van der Waals surface area contributed by atoms with Crippen molar-refractivity contribution in [3.63, 3.8) is 0 Å². The second kappa shape index (κ2) is 23.1. The fraction of sp³-hybridized carbons (Fsp3) is 0.156. The fourth-order valence-electron chi connectivity index (χ4n) is 11.5. The Balaban J connectivity index is 0.000000163. The molecule has 0 unspecified atom stereocenters. The molecule has 0 aliphatic carbocycles. The molecule has 0 bridgehead atoms. The quantitative estimate of drug-likeness (QED) is 0.153. The highest BCUT2D eigenvalue weighted by Crippen LogP contribution is 2.48. The van der Waals surface area contributed by atoms with Crippen molar-refractivity contribution in [3.05, 3.63) is 269 Å². The third-order valence-corrected chi connectivity index (χ3v) is 17.5. The standard InChI is InChI=1S/C46H42N4.C16H8Br2.C15H18N2/c1-45(2,3)33-17-21-35(22-18-33)49(41-11-7-9-29-47-41)39-27-15-31-14-26-38-40(28-16-32-13-25-37(39)43(31)44(32)38)50(42-12-8-10-30-48-42)36-23-19-34(20-24-36)46(4,5)6;17-13-8-4-10-2-6-12-14(18)7-3-9-1-5-11(13)16(10)15(9)12;1-15(2,3)12-7-9-13(10-8-12)17-14-6-4-5-11-16-14/h7-30H,1-6H3;1-8H;4-11H,1-3H3,(H,16,17). The van der Waals surface area contributed by atoms with E-state index in [1.54, 1.807) is 6.20 Å². The zero-order chi connectivity index (χ0) is 59.2. The molecule has 0 atom stereocenters. The lowest BCUT2D eigenvalue weighted by Gasteiger charge is -2.29. The van der Waals surface area contributed by atoms with Crippen LogP contribution in [0.5, 0.6) is 0 Å². The summed E-state index contributed by atoms with van der Waals surface area (Å²) in [5.41, 5.74) is 9.68. The van der Waals surface area contributed by atoms with Gasteiger partial charge in [0.05, 0.1) is 11.4 Å². The number of anilines is 8. The first-order chi connectivity index (χ1) is 40.9. The van der Waals surface area contributed by atoms with E-state index in [1.807, 2.05) is 42.7 Å². The maximum atomic E-state index is 4.85. The third-order valence-electron chi connectivity index (χ3n) is 16.1. The van der Waals surface area contributed by atoms with Crippen molar-refractivity contribution < 1.29 is 0 Å². The van der Waals surface area contributed by atoms with Crippen LogP contribution in [0.25, 0.3) is 64.6 Å². The average Bonchev–Trinajstić information content (AvgIpc) is 0.981. The second-order valence-electron chi connectivity index (χ2n) is 24.9. The predicted molar refractivity (Wildman–Crippen MR) is 371 cm³/mol. The smallest absolute Gasteiger partial charge is 0.137 e. The van der Waals surface area contributed by atoms with Crippen molar-refractivity contribution in [3.8, 4) is 0 Å². The van der Waals surface area contributed by atoms with Gasteiger partial charge in [0, 0.05) is 55.4 Å². The van der Waals surface area contributed by atoms with Gasteiger partial charge in [0.1, 0.15) is 17.5 Å². The minimum Gasteiger partial charge on any atom is -0.340 e. The molecule has 0 fully saturated rings. The number of rotatable bonds is 8. The van der Waals surface area contributed by atoms with Crippen molar-refractivity contribution >= 4 is 142 Å². The zero-order valence-electron chi connectivity index (χ0n) is 49.6. The minimum atomic E-state index is 0.0663. The Hall–Kier alpha value is -8.69. The Morgan fingerprint density at radius 3 is 1.00 bits per heavy atom. The van der Waals surface area contributed by atoms with Gasteiger partial charge in [-0.2, -0.15) is 0 Å². The zero-order valence-corrected chi connectivity index (χ0v) is 52.8. The van der Waals surface area contributed by atoms with Crippen LogP contribution in [0.2, 0.25) is 0 Å². The van der Waals surface area contributed by atoms with Gasteiger partial charge in [0.15, 0.2) is 0 Å². The summed E-state index contributed by atoms with van der Waals surface area (Å²) < 4.78 is 2.31. The average molecular weight is 1240 g/mol. The van der Waals surface area contributed by atoms with Crippen LogP contribution >= 0.6 is 31.9 Å². The Morgan fingerprint density at radius 1 is 0.318 bits per heavy atom. The molecule has 3 heterocycles. The highest BCUT2D eigenvalue weighted by molar-refractivity contribution is 9.11. The summed E-state index contributed by atoms with van der Waals surface area (Å²) in [6, 6.07) is 79.9. The van der Waals surface area contributed by atoms with E-state index in [2.05, 4.69) is 308 Å². The van der Waals surface area contributed by atoms with E-state index in [0.717, 1.165) is 54.8 Å². The molecule has 14 aromatic rings. The molecule has 85 heavy (non-hydrogen) atoms. The van der Waals surface area contributed by atoms with Gasteiger partial charge in [0.25, 0.3) is 0 Å². The number of hydrogen-bond donors (Lipinski definition) is 1. The van der Waals surface area contributed by atoms with Gasteiger partial charge in [-0.25, -0.2) is 15.0 Å². The fourth-order valence-corrected chi connectivity index (χ4v) is 12.4. The molecule has 0 amide bonds. The first-order valence-corrected chi connectivity index (χ1v) is 30.6. The second-order valence-corrected chi connectivity index (χ2v) is 26.6. The van der Waals surface area contributed by atoms with Crippen LogP contribution in [0.4, 0.5) is 45.9 Å². The lowest BCUT2D eigenvalue weighted by atomic mass is 9.87. The largest absolute Gasteiger partial charge is 0.340 e. The third kappa shape index (κ3) is 11.5. The number of nitrogens with one attached hydrogen (secondary N) is 1. The molecule has 1 N–H and O–H groups in total. The van der Waals surface area contributed by atoms with Crippen LogP contribution < -0.4 is 15.1 Å². The molecule has 0 saturated carbocycles. The summed E-state index contributed by atoms with van der Waals surface area (Å²) in [6.45, 7) is 20.2. The molecule has 0 saturated heterocycles. The Bertz CT molecular complexity index is 4360. The number of nitrogens with zero attached hydrogens (tertiary/aromatic N) is 5. The van der Waals surface area contributed by atoms with Crippen LogP contribution in [-0.2, 0) is 16.2 Å². The summed E-state index contributed by atoms with van der Waals surface area (Å²) in [6.07, 6.45) is 5.52. The van der Waals surface area contributed by atoms with Crippen molar-refractivity contribution in [2.24, 2.45) is 0 Å². The maximum Gasteiger partial charge on any atom is 0.137 e. The van der Waals surface area contributed by atoms with E-state index in [1.165, 1.54) is 81.3 Å². The normalized spacial score (nSPS) is 11.9. The molecular weight excluding hydrogens is 1170 g/mol. The highest BCUT2D eigenvalue weighted by Gasteiger charge is 2.24. The van der Waals surface area contributed by atoms with Gasteiger partial charge < -0.3 is 5.32 Å². The molecule has 0 radical (unpaired) electrons. The number of hydrogen-bond acceptors (Lipinski definition) is 6. The maximum absolute atomic E-state index is 4.85. The Kier molecular flexibility index (Phi) is 15.4. The van der Waals surface area contributed by atoms with E-state index < -0.39 is 0 Å². The Morgan fingerprint density at radius 2 is 0.647 bits per heavy atom. The summed E-state index contributed by atoms with van der Waals surface area (Å²) in [4.78, 5) is 18.5. The predicted octanol–water partition coefficient (Wildman–Crippen LogP) is 23.1. The SMILES string of the molecule is Brc1ccc2ccc3c(Br)ccc4ccc1c2c43.CC(C)(C)c1ccc(N(c2ccccn2)c2ccc3ccc4c(N(c5ccc(C(C)(C)C)cc5)c5ccccn5)ccc5ccc2c3c54)cc1.CC(C)(C)c1ccc(Nc2ccccn2)cc1. The molecule has 8 heteroatoms. The van der Waals surface area contributed by atoms with Crippen LogP contribution in [-0.4, -0.2) is 15.0 Å². The van der Waals surface area contributed by atoms with E-state index in [-0.39, 0.29) is 16.2 Å². The topological polar surface area (TPSA) is 57.2 Å². The molecular formula is C77H68Br2N6. The van der Waals surface area contributed by atoms with Gasteiger partial charge in [-0.05, 0) is 184 Å². The van der Waals surface area contributed by atoms with Crippen molar-refractivity contribution in [2.45, 2.75) is 78.6 Å². The molecule has 6 nitrogen and oxygen atoms in total. The van der Waals surface area contributed by atoms with Gasteiger partial charge >= 0.3 is 0 Å². The summed E-state index contributed by atoms with van der Waals surface area (Å²) in [5, 5.41) is 18.4. The lowest BCUT2D eigenvalue weighted by Crippen LogP contribution is -2.14. The van der Waals surface area contributed by atoms with E-state index in [4.69, 9.17) is 9.97 Å². The first-order valence-electron chi connectivity index (χ1n) is 29.0. The number of benzene rings is 11. The van der Waals surface area contributed by atoms with Crippen molar-refractivity contribution in [2.75, 3.05) is 15.1 Å². The number of aromatic nitrogens is 3. The van der Waals surface area contributed by atoms with Gasteiger partial charge in [-0.1, -0.05) is 222 Å².